The molecule has 0 aliphatic carbocycles. The SMILES string of the molecule is COCCCN(C)Cc1ccc(C#CCN)cc1. The number of ether oxygens (including phenoxy) is 1. The highest BCUT2D eigenvalue weighted by atomic mass is 16.5. The van der Waals surface area contributed by atoms with Crippen LogP contribution in [0.3, 0.4) is 0 Å². The fourth-order valence-electron chi connectivity index (χ4n) is 1.72. The van der Waals surface area contributed by atoms with E-state index in [2.05, 4.69) is 35.9 Å². The third-order valence-electron chi connectivity index (χ3n) is 2.63. The van der Waals surface area contributed by atoms with Crippen LogP contribution >= 0.6 is 0 Å². The Morgan fingerprint density at radius 2 is 2.00 bits per heavy atom. The number of nitrogens with two attached hydrogens (primary N) is 1. The van der Waals surface area contributed by atoms with Gasteiger partial charge in [-0.3, -0.25) is 0 Å². The molecule has 0 atom stereocenters. The van der Waals surface area contributed by atoms with Crippen molar-refractivity contribution in [2.75, 3.05) is 33.9 Å². The minimum atomic E-state index is 0.407. The molecule has 1 aromatic carbocycles. The predicted octanol–water partition coefficient (Wildman–Crippen LogP) is 1.47. The molecule has 18 heavy (non-hydrogen) atoms. The van der Waals surface area contributed by atoms with Gasteiger partial charge in [-0.1, -0.05) is 24.0 Å². The van der Waals surface area contributed by atoms with E-state index in [0.29, 0.717) is 6.54 Å². The zero-order valence-electron chi connectivity index (χ0n) is 11.3. The van der Waals surface area contributed by atoms with Gasteiger partial charge in [-0.15, -0.1) is 0 Å². The maximum absolute atomic E-state index is 5.34. The highest BCUT2D eigenvalue weighted by Gasteiger charge is 2.00. The zero-order chi connectivity index (χ0) is 13.2. The molecule has 0 saturated heterocycles. The van der Waals surface area contributed by atoms with Crippen molar-refractivity contribution in [1.82, 2.24) is 4.90 Å². The van der Waals surface area contributed by atoms with E-state index in [-0.39, 0.29) is 0 Å². The van der Waals surface area contributed by atoms with Gasteiger partial charge in [0.2, 0.25) is 0 Å². The molecule has 0 heterocycles. The summed E-state index contributed by atoms with van der Waals surface area (Å²) in [6.45, 7) is 3.22. The monoisotopic (exact) mass is 246 g/mol. The fraction of sp³-hybridized carbons (Fsp3) is 0.467. The largest absolute Gasteiger partial charge is 0.385 e. The van der Waals surface area contributed by atoms with Gasteiger partial charge in [-0.25, -0.2) is 0 Å². The predicted molar refractivity (Wildman–Crippen MR) is 75.2 cm³/mol. The Bertz CT molecular complexity index is 389. The molecule has 3 heteroatoms. The van der Waals surface area contributed by atoms with Gasteiger partial charge >= 0.3 is 0 Å². The lowest BCUT2D eigenvalue weighted by atomic mass is 10.1. The molecule has 0 aliphatic heterocycles. The molecule has 0 fully saturated rings. The second-order valence-corrected chi connectivity index (χ2v) is 4.29. The van der Waals surface area contributed by atoms with Crippen molar-refractivity contribution in [3.05, 3.63) is 35.4 Å². The van der Waals surface area contributed by atoms with Crippen LogP contribution in [0.1, 0.15) is 17.5 Å². The molecule has 1 rings (SSSR count). The maximum Gasteiger partial charge on any atom is 0.0555 e. The summed E-state index contributed by atoms with van der Waals surface area (Å²) in [7, 11) is 3.86. The topological polar surface area (TPSA) is 38.5 Å². The number of benzene rings is 1. The Hall–Kier alpha value is -1.34. The number of nitrogens with zero attached hydrogens (tertiary/aromatic N) is 1. The van der Waals surface area contributed by atoms with Crippen molar-refractivity contribution in [2.24, 2.45) is 5.73 Å². The number of hydrogen-bond donors (Lipinski definition) is 1. The first-order valence-corrected chi connectivity index (χ1v) is 6.21. The molecule has 0 radical (unpaired) electrons. The summed E-state index contributed by atoms with van der Waals surface area (Å²) in [6, 6.07) is 8.32. The third kappa shape index (κ3) is 5.83. The summed E-state index contributed by atoms with van der Waals surface area (Å²) >= 11 is 0. The van der Waals surface area contributed by atoms with Crippen molar-refractivity contribution in [1.29, 1.82) is 0 Å². The molecule has 0 aliphatic rings. The van der Waals surface area contributed by atoms with E-state index < -0.39 is 0 Å². The van der Waals surface area contributed by atoms with E-state index in [1.165, 1.54) is 5.56 Å². The van der Waals surface area contributed by atoms with Crippen LogP contribution in [0.4, 0.5) is 0 Å². The average molecular weight is 246 g/mol. The Labute approximate surface area is 110 Å². The van der Waals surface area contributed by atoms with Gasteiger partial charge in [0, 0.05) is 32.4 Å². The summed E-state index contributed by atoms with van der Waals surface area (Å²) in [5, 5.41) is 0. The van der Waals surface area contributed by atoms with Crippen molar-refractivity contribution in [3.63, 3.8) is 0 Å². The molecule has 0 bridgehead atoms. The molecule has 0 spiro atoms. The van der Waals surface area contributed by atoms with Gasteiger partial charge in [0.05, 0.1) is 6.54 Å². The number of methoxy groups -OCH3 is 1. The van der Waals surface area contributed by atoms with E-state index in [1.54, 1.807) is 7.11 Å². The van der Waals surface area contributed by atoms with Gasteiger partial charge < -0.3 is 15.4 Å². The maximum atomic E-state index is 5.34. The second-order valence-electron chi connectivity index (χ2n) is 4.29. The lowest BCUT2D eigenvalue weighted by Gasteiger charge is -2.16. The highest BCUT2D eigenvalue weighted by Crippen LogP contribution is 2.06. The molecule has 0 amide bonds. The van der Waals surface area contributed by atoms with Gasteiger partial charge in [0.15, 0.2) is 0 Å². The lowest BCUT2D eigenvalue weighted by molar-refractivity contribution is 0.178. The smallest absolute Gasteiger partial charge is 0.0555 e. The van der Waals surface area contributed by atoms with Crippen LogP contribution in [0.15, 0.2) is 24.3 Å². The minimum Gasteiger partial charge on any atom is -0.385 e. The van der Waals surface area contributed by atoms with Gasteiger partial charge in [-0.2, -0.15) is 0 Å². The summed E-state index contributed by atoms with van der Waals surface area (Å²) in [5.74, 6) is 5.87. The number of hydrogen-bond acceptors (Lipinski definition) is 3. The first-order valence-electron chi connectivity index (χ1n) is 6.21. The van der Waals surface area contributed by atoms with Gasteiger partial charge in [0.25, 0.3) is 0 Å². The Morgan fingerprint density at radius 1 is 1.28 bits per heavy atom. The van der Waals surface area contributed by atoms with E-state index in [9.17, 15) is 0 Å². The molecule has 0 aromatic heterocycles. The van der Waals surface area contributed by atoms with Crippen LogP contribution in [-0.4, -0.2) is 38.8 Å². The first kappa shape index (κ1) is 14.7. The van der Waals surface area contributed by atoms with Crippen molar-refractivity contribution < 1.29 is 4.74 Å². The molecule has 0 saturated carbocycles. The van der Waals surface area contributed by atoms with Crippen LogP contribution in [0, 0.1) is 11.8 Å². The Kier molecular flexibility index (Phi) is 7.12. The van der Waals surface area contributed by atoms with Crippen molar-refractivity contribution in [3.8, 4) is 11.8 Å². The van der Waals surface area contributed by atoms with Crippen molar-refractivity contribution in [2.45, 2.75) is 13.0 Å². The van der Waals surface area contributed by atoms with Gasteiger partial charge in [0.1, 0.15) is 0 Å². The Balaban J connectivity index is 2.42. The summed E-state index contributed by atoms with van der Waals surface area (Å²) in [5.41, 5.74) is 7.66. The minimum absolute atomic E-state index is 0.407. The van der Waals surface area contributed by atoms with Crippen LogP contribution in [0.2, 0.25) is 0 Å². The first-order chi connectivity index (χ1) is 8.76. The van der Waals surface area contributed by atoms with E-state index in [1.807, 2.05) is 12.1 Å². The van der Waals surface area contributed by atoms with Crippen LogP contribution in [0.25, 0.3) is 0 Å². The quantitative estimate of drug-likeness (QED) is 0.610. The average Bonchev–Trinajstić information content (AvgIpc) is 2.38. The highest BCUT2D eigenvalue weighted by molar-refractivity contribution is 5.36. The van der Waals surface area contributed by atoms with Gasteiger partial charge in [-0.05, 0) is 31.2 Å². The third-order valence-corrected chi connectivity index (χ3v) is 2.63. The summed E-state index contributed by atoms with van der Waals surface area (Å²) in [6.07, 6.45) is 1.06. The molecule has 98 valence electrons. The van der Waals surface area contributed by atoms with E-state index >= 15 is 0 Å². The Morgan fingerprint density at radius 3 is 2.61 bits per heavy atom. The van der Waals surface area contributed by atoms with E-state index in [0.717, 1.165) is 31.7 Å². The van der Waals surface area contributed by atoms with Crippen LogP contribution in [0.5, 0.6) is 0 Å². The lowest BCUT2D eigenvalue weighted by Crippen LogP contribution is -2.20. The van der Waals surface area contributed by atoms with Crippen LogP contribution < -0.4 is 5.73 Å². The molecule has 3 nitrogen and oxygen atoms in total. The normalized spacial score (nSPS) is 10.2. The van der Waals surface area contributed by atoms with Crippen molar-refractivity contribution >= 4 is 0 Å². The molecular weight excluding hydrogens is 224 g/mol. The summed E-state index contributed by atoms with van der Waals surface area (Å²) in [4.78, 5) is 2.29. The number of rotatable bonds is 6. The second kappa shape index (κ2) is 8.71. The van der Waals surface area contributed by atoms with E-state index in [4.69, 9.17) is 10.5 Å². The summed E-state index contributed by atoms with van der Waals surface area (Å²) < 4.78 is 5.04. The standard InChI is InChI=1S/C15H22N2O/c1-17(11-4-12-18-2)13-15-8-6-14(7-9-15)5-3-10-16/h6-9H,4,10-13,16H2,1-2H3. The zero-order valence-corrected chi connectivity index (χ0v) is 11.3. The molecule has 1 aromatic rings. The molecule has 0 unspecified atom stereocenters. The fourth-order valence-corrected chi connectivity index (χ4v) is 1.72. The molecule has 2 N–H and O–H groups in total. The molecular formula is C15H22N2O. The van der Waals surface area contributed by atoms with Crippen LogP contribution in [-0.2, 0) is 11.3 Å².